The van der Waals surface area contributed by atoms with Gasteiger partial charge >= 0.3 is 0 Å². The molecule has 0 aromatic rings. The maximum Gasteiger partial charge on any atom is 0.0287 e. The summed E-state index contributed by atoms with van der Waals surface area (Å²) in [6.45, 7) is 13.9. The maximum atomic E-state index is 2.49. The average Bonchev–Trinajstić information content (AvgIpc) is 2.29. The van der Waals surface area contributed by atoms with E-state index in [-0.39, 0.29) is 0 Å². The zero-order valence-corrected chi connectivity index (χ0v) is 10.8. The van der Waals surface area contributed by atoms with E-state index in [0.717, 1.165) is 0 Å². The molecule has 1 aliphatic rings. The van der Waals surface area contributed by atoms with Crippen LogP contribution >= 0.6 is 0 Å². The molecule has 0 fully saturated rings. The molecule has 0 aromatic heterocycles. The molecule has 1 heteroatoms. The quantitative estimate of drug-likeness (QED) is 0.611. The second kappa shape index (κ2) is 4.06. The Bertz CT molecular complexity index is 214. The first-order valence-electron chi connectivity index (χ1n) is 5.83. The van der Waals surface area contributed by atoms with Crippen molar-refractivity contribution in [1.82, 2.24) is 4.90 Å². The van der Waals surface area contributed by atoms with Gasteiger partial charge in [0.25, 0.3) is 0 Å². The number of nitrogens with zero attached hydrogens (tertiary/aromatic N) is 1. The first-order valence-corrected chi connectivity index (χ1v) is 5.83. The molecule has 1 nitrogen and oxygen atoms in total. The molecule has 0 radical (unpaired) electrons. The Kier molecular flexibility index (Phi) is 3.41. The Morgan fingerprint density at radius 2 is 1.14 bits per heavy atom. The number of hydrogen-bond donors (Lipinski definition) is 0. The topological polar surface area (TPSA) is 3.24 Å². The van der Waals surface area contributed by atoms with Crippen molar-refractivity contribution in [3.63, 3.8) is 0 Å². The van der Waals surface area contributed by atoms with E-state index in [1.54, 1.807) is 11.1 Å². The lowest BCUT2D eigenvalue weighted by Gasteiger charge is -2.24. The molecule has 0 aliphatic carbocycles. The summed E-state index contributed by atoms with van der Waals surface area (Å²) in [7, 11) is 2.24. The molecule has 1 aliphatic heterocycles. The van der Waals surface area contributed by atoms with Gasteiger partial charge in [-0.05, 0) is 43.9 Å². The summed E-state index contributed by atoms with van der Waals surface area (Å²) >= 11 is 0. The van der Waals surface area contributed by atoms with Crippen LogP contribution in [-0.4, -0.2) is 24.0 Å². The van der Waals surface area contributed by atoms with Crippen LogP contribution in [-0.2, 0) is 0 Å². The minimum atomic E-state index is 0.627. The molecule has 0 spiro atoms. The summed E-state index contributed by atoms with van der Waals surface area (Å²) in [5.74, 6) is 1.38. The van der Waals surface area contributed by atoms with Gasteiger partial charge in [-0.1, -0.05) is 27.7 Å². The third-order valence-electron chi connectivity index (χ3n) is 3.70. The molecule has 2 atom stereocenters. The number of likely N-dealkylation sites (N-methyl/N-ethyl adjacent to an activating group) is 1. The van der Waals surface area contributed by atoms with Gasteiger partial charge in [-0.3, -0.25) is 4.90 Å². The van der Waals surface area contributed by atoms with Crippen LogP contribution in [0.5, 0.6) is 0 Å². The minimum absolute atomic E-state index is 0.627. The van der Waals surface area contributed by atoms with Crippen molar-refractivity contribution in [3.8, 4) is 0 Å². The van der Waals surface area contributed by atoms with Gasteiger partial charge in [-0.2, -0.15) is 0 Å². The second-order valence-electron chi connectivity index (χ2n) is 5.24. The fourth-order valence-corrected chi connectivity index (χ4v) is 2.89. The van der Waals surface area contributed by atoms with Crippen LogP contribution in [0.15, 0.2) is 11.1 Å². The summed E-state index contributed by atoms with van der Waals surface area (Å²) < 4.78 is 0. The molecule has 2 unspecified atom stereocenters. The Hall–Kier alpha value is -0.300. The van der Waals surface area contributed by atoms with Crippen LogP contribution in [0.3, 0.4) is 0 Å². The van der Waals surface area contributed by atoms with Gasteiger partial charge in [0.2, 0.25) is 0 Å². The van der Waals surface area contributed by atoms with Gasteiger partial charge in [0.15, 0.2) is 0 Å². The Labute approximate surface area is 89.2 Å². The minimum Gasteiger partial charge on any atom is -0.294 e. The van der Waals surface area contributed by atoms with E-state index < -0.39 is 0 Å². The Morgan fingerprint density at radius 1 is 0.857 bits per heavy atom. The molecule has 0 bridgehead atoms. The first-order chi connectivity index (χ1) is 6.37. The van der Waals surface area contributed by atoms with Gasteiger partial charge in [0, 0.05) is 12.1 Å². The second-order valence-corrected chi connectivity index (χ2v) is 5.24. The smallest absolute Gasteiger partial charge is 0.0287 e. The maximum absolute atomic E-state index is 2.49. The fourth-order valence-electron chi connectivity index (χ4n) is 2.89. The van der Waals surface area contributed by atoms with Gasteiger partial charge in [-0.25, -0.2) is 0 Å². The molecule has 0 saturated heterocycles. The summed E-state index contributed by atoms with van der Waals surface area (Å²) in [6.07, 6.45) is 0. The summed E-state index contributed by atoms with van der Waals surface area (Å²) in [4.78, 5) is 2.49. The lowest BCUT2D eigenvalue weighted by atomic mass is 9.87. The van der Waals surface area contributed by atoms with Crippen LogP contribution < -0.4 is 0 Å². The number of hydrogen-bond acceptors (Lipinski definition) is 1. The normalized spacial score (nSPS) is 29.8. The third-order valence-corrected chi connectivity index (χ3v) is 3.70. The van der Waals surface area contributed by atoms with E-state index in [1.807, 2.05) is 0 Å². The standard InChI is InChI=1S/C13H25N/c1-8(2)12-10(5)14(7)11(6)13(12)9(3)4/h8-11H,1-7H3. The van der Waals surface area contributed by atoms with Gasteiger partial charge in [-0.15, -0.1) is 0 Å². The highest BCUT2D eigenvalue weighted by Gasteiger charge is 2.34. The summed E-state index contributed by atoms with van der Waals surface area (Å²) in [5.41, 5.74) is 3.35. The third kappa shape index (κ3) is 1.75. The zero-order valence-electron chi connectivity index (χ0n) is 10.8. The van der Waals surface area contributed by atoms with Crippen molar-refractivity contribution in [2.24, 2.45) is 11.8 Å². The van der Waals surface area contributed by atoms with E-state index >= 15 is 0 Å². The molecule has 1 rings (SSSR count). The van der Waals surface area contributed by atoms with Crippen molar-refractivity contribution in [1.29, 1.82) is 0 Å². The molecule has 14 heavy (non-hydrogen) atoms. The van der Waals surface area contributed by atoms with Gasteiger partial charge < -0.3 is 0 Å². The lowest BCUT2D eigenvalue weighted by molar-refractivity contribution is 0.265. The summed E-state index contributed by atoms with van der Waals surface area (Å²) in [5, 5.41) is 0. The average molecular weight is 195 g/mol. The first kappa shape index (κ1) is 11.8. The van der Waals surface area contributed by atoms with E-state index in [0.29, 0.717) is 23.9 Å². The van der Waals surface area contributed by atoms with Crippen molar-refractivity contribution in [3.05, 3.63) is 11.1 Å². The van der Waals surface area contributed by atoms with Crippen LogP contribution in [0.2, 0.25) is 0 Å². The predicted octanol–water partition coefficient (Wildman–Crippen LogP) is 3.32. The molecule has 0 saturated carbocycles. The predicted molar refractivity (Wildman–Crippen MR) is 63.4 cm³/mol. The Balaban J connectivity index is 3.11. The van der Waals surface area contributed by atoms with Crippen molar-refractivity contribution >= 4 is 0 Å². The van der Waals surface area contributed by atoms with E-state index in [9.17, 15) is 0 Å². The number of rotatable bonds is 2. The molecule has 1 heterocycles. The van der Waals surface area contributed by atoms with E-state index in [1.165, 1.54) is 0 Å². The zero-order chi connectivity index (χ0) is 11.0. The lowest BCUT2D eigenvalue weighted by Crippen LogP contribution is -2.32. The van der Waals surface area contributed by atoms with Crippen LogP contribution in [0.4, 0.5) is 0 Å². The van der Waals surface area contributed by atoms with Gasteiger partial charge in [0.05, 0.1) is 0 Å². The fraction of sp³-hybridized carbons (Fsp3) is 0.846. The molecule has 82 valence electrons. The van der Waals surface area contributed by atoms with Crippen LogP contribution in [0.25, 0.3) is 0 Å². The molecule has 0 N–H and O–H groups in total. The largest absolute Gasteiger partial charge is 0.294 e. The van der Waals surface area contributed by atoms with Crippen LogP contribution in [0.1, 0.15) is 41.5 Å². The molecular formula is C13H25N. The van der Waals surface area contributed by atoms with Gasteiger partial charge in [0.1, 0.15) is 0 Å². The monoisotopic (exact) mass is 195 g/mol. The van der Waals surface area contributed by atoms with Crippen LogP contribution in [0, 0.1) is 11.8 Å². The van der Waals surface area contributed by atoms with Crippen molar-refractivity contribution < 1.29 is 0 Å². The molecule has 0 amide bonds. The summed E-state index contributed by atoms with van der Waals surface area (Å²) in [6, 6.07) is 1.25. The van der Waals surface area contributed by atoms with Crippen molar-refractivity contribution in [2.75, 3.05) is 7.05 Å². The van der Waals surface area contributed by atoms with E-state index in [4.69, 9.17) is 0 Å². The van der Waals surface area contributed by atoms with E-state index in [2.05, 4.69) is 53.5 Å². The SMILES string of the molecule is CC(C)C1=C(C(C)C)C(C)N(C)C1C. The highest BCUT2D eigenvalue weighted by molar-refractivity contribution is 5.32. The highest BCUT2D eigenvalue weighted by atomic mass is 15.2. The van der Waals surface area contributed by atoms with Crippen molar-refractivity contribution in [2.45, 2.75) is 53.6 Å². The highest BCUT2D eigenvalue weighted by Crippen LogP contribution is 2.37. The Morgan fingerprint density at radius 3 is 1.36 bits per heavy atom. The molecular weight excluding hydrogens is 170 g/mol. The molecule has 0 aromatic carbocycles.